The Kier molecular flexibility index (Phi) is 11.6. The van der Waals surface area contributed by atoms with Gasteiger partial charge in [0.25, 0.3) is 0 Å². The third-order valence-corrected chi connectivity index (χ3v) is 6.98. The fourth-order valence-electron chi connectivity index (χ4n) is 5.06. The van der Waals surface area contributed by atoms with Crippen molar-refractivity contribution in [2.45, 2.75) is 108 Å². The lowest BCUT2D eigenvalue weighted by Gasteiger charge is -2.29. The standard InChI is InChI=1S/C30H44O6/c1-21-8-5-4-6-11-29(28(32)13-12-25-17-22(2)14-15-34-25)36-30(33)20-24(31)19-27-10-7-9-26(35-27)18-23(3)16-21/h4,6-7,10,12-14,23-29,31-32H,1,5,8-9,11,15-20H2,2-3H3/b6-4+,13-12+/t23-,24?,25+,26-,27-,28-,29-/m0/s1. The van der Waals surface area contributed by atoms with E-state index in [9.17, 15) is 15.0 Å². The summed E-state index contributed by atoms with van der Waals surface area (Å²) in [5.74, 6) is -0.0587. The molecular weight excluding hydrogens is 456 g/mol. The predicted octanol–water partition coefficient (Wildman–Crippen LogP) is 5.12. The van der Waals surface area contributed by atoms with E-state index in [4.69, 9.17) is 14.2 Å². The molecule has 0 saturated heterocycles. The molecule has 3 aliphatic heterocycles. The van der Waals surface area contributed by atoms with Crippen LogP contribution in [0.2, 0.25) is 0 Å². The third kappa shape index (κ3) is 10.2. The minimum atomic E-state index is -0.975. The van der Waals surface area contributed by atoms with Crippen molar-refractivity contribution in [1.82, 2.24) is 0 Å². The van der Waals surface area contributed by atoms with Gasteiger partial charge < -0.3 is 24.4 Å². The van der Waals surface area contributed by atoms with Gasteiger partial charge in [0.05, 0.1) is 37.4 Å². The van der Waals surface area contributed by atoms with Gasteiger partial charge in [-0.2, -0.15) is 0 Å². The Balaban J connectivity index is 1.66. The van der Waals surface area contributed by atoms with E-state index in [0.29, 0.717) is 25.4 Å². The lowest BCUT2D eigenvalue weighted by atomic mass is 9.92. The van der Waals surface area contributed by atoms with E-state index in [-0.39, 0.29) is 24.7 Å². The number of cyclic esters (lactones) is 1. The van der Waals surface area contributed by atoms with Gasteiger partial charge in [-0.25, -0.2) is 0 Å². The molecule has 200 valence electrons. The van der Waals surface area contributed by atoms with E-state index >= 15 is 0 Å². The molecule has 0 aromatic heterocycles. The topological polar surface area (TPSA) is 85.2 Å². The summed E-state index contributed by atoms with van der Waals surface area (Å²) in [6.07, 6.45) is 16.7. The zero-order valence-electron chi connectivity index (χ0n) is 21.9. The van der Waals surface area contributed by atoms with Gasteiger partial charge in [-0.1, -0.05) is 67.2 Å². The smallest absolute Gasteiger partial charge is 0.308 e. The molecule has 0 aromatic rings. The van der Waals surface area contributed by atoms with Crippen molar-refractivity contribution in [3.63, 3.8) is 0 Å². The molecule has 36 heavy (non-hydrogen) atoms. The number of carbonyl (C=O) groups is 1. The molecule has 3 aliphatic rings. The van der Waals surface area contributed by atoms with Crippen LogP contribution in [0.5, 0.6) is 0 Å². The van der Waals surface area contributed by atoms with Gasteiger partial charge in [-0.15, -0.1) is 0 Å². The maximum Gasteiger partial charge on any atom is 0.308 e. The molecule has 2 bridgehead atoms. The van der Waals surface area contributed by atoms with Gasteiger partial charge in [-0.05, 0) is 51.4 Å². The van der Waals surface area contributed by atoms with E-state index in [1.807, 2.05) is 24.3 Å². The maximum absolute atomic E-state index is 12.7. The molecule has 0 radical (unpaired) electrons. The quantitative estimate of drug-likeness (QED) is 0.413. The maximum atomic E-state index is 12.7. The second-order valence-electron chi connectivity index (χ2n) is 10.6. The first-order valence-corrected chi connectivity index (χ1v) is 13.4. The van der Waals surface area contributed by atoms with Crippen molar-refractivity contribution in [1.29, 1.82) is 0 Å². The summed E-state index contributed by atoms with van der Waals surface area (Å²) < 4.78 is 17.5. The fraction of sp³-hybridized carbons (Fsp3) is 0.633. The molecular formula is C30H44O6. The largest absolute Gasteiger partial charge is 0.459 e. The average Bonchev–Trinajstić information content (AvgIpc) is 2.81. The zero-order valence-corrected chi connectivity index (χ0v) is 21.9. The Labute approximate surface area is 216 Å². The Bertz CT molecular complexity index is 840. The van der Waals surface area contributed by atoms with E-state index in [1.54, 1.807) is 6.08 Å². The van der Waals surface area contributed by atoms with Gasteiger partial charge in [0.15, 0.2) is 0 Å². The number of aliphatic hydroxyl groups is 2. The van der Waals surface area contributed by atoms with Crippen LogP contribution in [0.15, 0.2) is 60.3 Å². The Morgan fingerprint density at radius 2 is 1.97 bits per heavy atom. The normalized spacial score (nSPS) is 35.4. The van der Waals surface area contributed by atoms with E-state index in [2.05, 4.69) is 32.6 Å². The molecule has 6 heteroatoms. The molecule has 3 rings (SSSR count). The summed E-state index contributed by atoms with van der Waals surface area (Å²) in [5.41, 5.74) is 2.47. The summed E-state index contributed by atoms with van der Waals surface area (Å²) in [6.45, 7) is 9.11. The molecule has 0 spiro atoms. The molecule has 0 fully saturated rings. The van der Waals surface area contributed by atoms with Crippen LogP contribution in [0.4, 0.5) is 0 Å². The van der Waals surface area contributed by atoms with Crippen LogP contribution in [0.3, 0.4) is 0 Å². The monoisotopic (exact) mass is 500 g/mol. The highest BCUT2D eigenvalue weighted by Gasteiger charge is 2.26. The second kappa shape index (κ2) is 14.7. The van der Waals surface area contributed by atoms with Crippen molar-refractivity contribution in [2.24, 2.45) is 5.92 Å². The highest BCUT2D eigenvalue weighted by molar-refractivity contribution is 5.70. The summed E-state index contributed by atoms with van der Waals surface area (Å²) >= 11 is 0. The number of ether oxygens (including phenoxy) is 3. The lowest BCUT2D eigenvalue weighted by molar-refractivity contribution is -0.155. The van der Waals surface area contributed by atoms with E-state index < -0.39 is 24.3 Å². The molecule has 6 nitrogen and oxygen atoms in total. The number of hydrogen-bond donors (Lipinski definition) is 2. The highest BCUT2D eigenvalue weighted by atomic mass is 16.6. The number of rotatable bonds is 3. The van der Waals surface area contributed by atoms with Crippen molar-refractivity contribution in [2.75, 3.05) is 6.61 Å². The van der Waals surface area contributed by atoms with Crippen LogP contribution >= 0.6 is 0 Å². The van der Waals surface area contributed by atoms with Crippen LogP contribution in [0, 0.1) is 5.92 Å². The minimum absolute atomic E-state index is 0.0993. The van der Waals surface area contributed by atoms with Gasteiger partial charge in [0.1, 0.15) is 12.2 Å². The Morgan fingerprint density at radius 1 is 1.14 bits per heavy atom. The van der Waals surface area contributed by atoms with Crippen molar-refractivity contribution >= 4 is 5.97 Å². The van der Waals surface area contributed by atoms with Crippen molar-refractivity contribution < 1.29 is 29.2 Å². The van der Waals surface area contributed by atoms with E-state index in [0.717, 1.165) is 38.5 Å². The number of allylic oxidation sites excluding steroid dienone is 2. The average molecular weight is 501 g/mol. The van der Waals surface area contributed by atoms with Crippen LogP contribution in [0.25, 0.3) is 0 Å². The number of fused-ring (bicyclic) bond motifs is 2. The number of esters is 1. The lowest BCUT2D eigenvalue weighted by Crippen LogP contribution is -2.33. The highest BCUT2D eigenvalue weighted by Crippen LogP contribution is 2.26. The second-order valence-corrected chi connectivity index (χ2v) is 10.6. The number of carbonyl (C=O) groups excluding carboxylic acids is 1. The van der Waals surface area contributed by atoms with Crippen LogP contribution in [-0.4, -0.2) is 59.4 Å². The molecule has 1 unspecified atom stereocenters. The summed E-state index contributed by atoms with van der Waals surface area (Å²) in [7, 11) is 0. The first-order valence-electron chi connectivity index (χ1n) is 13.4. The van der Waals surface area contributed by atoms with E-state index in [1.165, 1.54) is 11.1 Å². The molecule has 7 atom stereocenters. The molecule has 2 N–H and O–H groups in total. The molecule has 0 aromatic carbocycles. The van der Waals surface area contributed by atoms with Gasteiger partial charge in [-0.3, -0.25) is 4.79 Å². The molecule has 0 saturated carbocycles. The molecule has 0 amide bonds. The van der Waals surface area contributed by atoms with Crippen LogP contribution in [-0.2, 0) is 19.0 Å². The molecule has 0 aliphatic carbocycles. The fourth-order valence-corrected chi connectivity index (χ4v) is 5.06. The Hall–Kier alpha value is -1.99. The number of hydrogen-bond acceptors (Lipinski definition) is 6. The van der Waals surface area contributed by atoms with Gasteiger partial charge in [0, 0.05) is 12.8 Å². The first kappa shape index (κ1) is 28.6. The predicted molar refractivity (Wildman–Crippen MR) is 141 cm³/mol. The minimum Gasteiger partial charge on any atom is -0.459 e. The van der Waals surface area contributed by atoms with Crippen LogP contribution < -0.4 is 0 Å². The van der Waals surface area contributed by atoms with Crippen molar-refractivity contribution in [3.05, 3.63) is 60.3 Å². The summed E-state index contributed by atoms with van der Waals surface area (Å²) in [6, 6.07) is 0. The number of aliphatic hydroxyl groups excluding tert-OH is 2. The SMILES string of the molecule is C=C1CC/C=C/C[C@@H]([C@@H](O)/C=C/[C@@H]2CC(C)=CCO2)OC(=O)CC(O)C[C@@H]2C=CC[C@@H](C[C@@H](C)C1)O2. The summed E-state index contributed by atoms with van der Waals surface area (Å²) in [5, 5.41) is 21.4. The Morgan fingerprint density at radius 3 is 2.78 bits per heavy atom. The third-order valence-electron chi connectivity index (χ3n) is 6.98. The van der Waals surface area contributed by atoms with Crippen molar-refractivity contribution in [3.8, 4) is 0 Å². The van der Waals surface area contributed by atoms with Gasteiger partial charge in [0.2, 0.25) is 0 Å². The van der Waals surface area contributed by atoms with Gasteiger partial charge >= 0.3 is 5.97 Å². The van der Waals surface area contributed by atoms with Crippen LogP contribution in [0.1, 0.15) is 71.6 Å². The summed E-state index contributed by atoms with van der Waals surface area (Å²) in [4.78, 5) is 12.7. The first-order chi connectivity index (χ1) is 17.3. The molecule has 3 heterocycles. The zero-order chi connectivity index (χ0) is 25.9.